The number of benzene rings is 2. The molecule has 0 saturated heterocycles. The van der Waals surface area contributed by atoms with Crippen LogP contribution in [-0.2, 0) is 15.6 Å². The van der Waals surface area contributed by atoms with E-state index in [1.54, 1.807) is 42.7 Å². The normalized spacial score (nSPS) is 10.9. The summed E-state index contributed by atoms with van der Waals surface area (Å²) >= 11 is 0. The third kappa shape index (κ3) is 4.12. The molecule has 0 aliphatic carbocycles. The van der Waals surface area contributed by atoms with E-state index in [4.69, 9.17) is 4.74 Å². The van der Waals surface area contributed by atoms with Gasteiger partial charge in [-0.15, -0.1) is 12.4 Å². The van der Waals surface area contributed by atoms with Crippen LogP contribution in [0, 0.1) is 0 Å². The molecule has 0 fully saturated rings. The number of carboxylic acid groups (broad SMARTS) is 1. The van der Waals surface area contributed by atoms with E-state index in [9.17, 15) is 18.3 Å². The molecule has 0 atom stereocenters. The summed E-state index contributed by atoms with van der Waals surface area (Å²) in [6, 6.07) is 12.7. The van der Waals surface area contributed by atoms with E-state index in [0.29, 0.717) is 5.69 Å². The van der Waals surface area contributed by atoms with E-state index < -0.39 is 21.6 Å². The number of nitrogens with zero attached hydrogens (tertiary/aromatic N) is 2. The fraction of sp³-hybridized carbons (Fsp3) is 0.111. The molecule has 7 nitrogen and oxygen atoms in total. The number of hydrogen-bond donors (Lipinski definition) is 1. The van der Waals surface area contributed by atoms with Crippen LogP contribution in [0.15, 0.2) is 65.8 Å². The number of hydrogen-bond acceptors (Lipinski definition) is 5. The van der Waals surface area contributed by atoms with Gasteiger partial charge in [0.1, 0.15) is 11.3 Å². The lowest BCUT2D eigenvalue weighted by Crippen LogP contribution is -2.13. The quantitative estimate of drug-likeness (QED) is 0.673. The van der Waals surface area contributed by atoms with E-state index in [0.717, 1.165) is 0 Å². The summed E-state index contributed by atoms with van der Waals surface area (Å²) in [4.78, 5) is 12.0. The molecule has 3 aromatic rings. The van der Waals surface area contributed by atoms with Crippen LogP contribution in [0.25, 0.3) is 5.69 Å². The Labute approximate surface area is 162 Å². The summed E-state index contributed by atoms with van der Waals surface area (Å²) in [7, 11) is -2.36. The molecule has 27 heavy (non-hydrogen) atoms. The second-order valence-electron chi connectivity index (χ2n) is 5.48. The van der Waals surface area contributed by atoms with E-state index in [1.807, 2.05) is 0 Å². The molecule has 1 heterocycles. The minimum Gasteiger partial charge on any atom is -0.494 e. The van der Waals surface area contributed by atoms with Gasteiger partial charge < -0.3 is 9.84 Å². The maximum Gasteiger partial charge on any atom is 0.339 e. The molecule has 0 spiro atoms. The van der Waals surface area contributed by atoms with Gasteiger partial charge in [0.2, 0.25) is 0 Å². The molecular weight excluding hydrogens is 392 g/mol. The Morgan fingerprint density at radius 1 is 1.15 bits per heavy atom. The van der Waals surface area contributed by atoms with Gasteiger partial charge in [-0.2, -0.15) is 5.10 Å². The van der Waals surface area contributed by atoms with Crippen molar-refractivity contribution in [3.8, 4) is 11.4 Å². The third-order valence-electron chi connectivity index (χ3n) is 3.84. The number of carboxylic acids is 1. The van der Waals surface area contributed by atoms with Crippen LogP contribution in [0.3, 0.4) is 0 Å². The third-order valence-corrected chi connectivity index (χ3v) is 5.52. The molecule has 0 saturated carbocycles. The summed E-state index contributed by atoms with van der Waals surface area (Å²) in [5.74, 6) is -1.66. The van der Waals surface area contributed by atoms with Crippen LogP contribution >= 0.6 is 12.4 Å². The van der Waals surface area contributed by atoms with Crippen LogP contribution in [0.1, 0.15) is 15.9 Å². The van der Waals surface area contributed by atoms with Gasteiger partial charge in [-0.1, -0.05) is 24.3 Å². The highest BCUT2D eigenvalue weighted by atomic mass is 35.5. The number of ether oxygens (including phenoxy) is 1. The molecule has 1 N–H and O–H groups in total. The number of carbonyl (C=O) groups is 1. The van der Waals surface area contributed by atoms with Crippen molar-refractivity contribution in [2.75, 3.05) is 7.11 Å². The molecule has 0 aliphatic heterocycles. The number of methoxy groups -OCH3 is 1. The minimum atomic E-state index is -3.70. The zero-order valence-electron chi connectivity index (χ0n) is 14.3. The number of rotatable bonds is 6. The molecule has 0 amide bonds. The van der Waals surface area contributed by atoms with Gasteiger partial charge in [0.25, 0.3) is 0 Å². The number of sulfone groups is 1. The molecule has 0 aliphatic rings. The van der Waals surface area contributed by atoms with Crippen molar-refractivity contribution in [2.45, 2.75) is 10.6 Å². The van der Waals surface area contributed by atoms with Crippen molar-refractivity contribution < 1.29 is 23.1 Å². The van der Waals surface area contributed by atoms with Crippen molar-refractivity contribution >= 4 is 28.2 Å². The fourth-order valence-corrected chi connectivity index (χ4v) is 4.07. The Kier molecular flexibility index (Phi) is 6.24. The Bertz CT molecular complexity index is 1040. The lowest BCUT2D eigenvalue weighted by atomic mass is 10.1. The smallest absolute Gasteiger partial charge is 0.339 e. The Morgan fingerprint density at radius 3 is 2.41 bits per heavy atom. The first-order valence-electron chi connectivity index (χ1n) is 7.65. The van der Waals surface area contributed by atoms with Gasteiger partial charge in [-0.25, -0.2) is 17.9 Å². The lowest BCUT2D eigenvalue weighted by Gasteiger charge is -2.15. The van der Waals surface area contributed by atoms with E-state index >= 15 is 0 Å². The molecule has 1 aromatic heterocycles. The van der Waals surface area contributed by atoms with Gasteiger partial charge >= 0.3 is 5.97 Å². The van der Waals surface area contributed by atoms with Crippen LogP contribution in [-0.4, -0.2) is 36.4 Å². The highest BCUT2D eigenvalue weighted by Crippen LogP contribution is 2.32. The molecule has 9 heteroatoms. The van der Waals surface area contributed by atoms with Crippen molar-refractivity contribution in [3.05, 3.63) is 72.1 Å². The highest BCUT2D eigenvalue weighted by molar-refractivity contribution is 7.90. The maximum absolute atomic E-state index is 12.6. The van der Waals surface area contributed by atoms with E-state index in [1.165, 1.54) is 30.0 Å². The van der Waals surface area contributed by atoms with Gasteiger partial charge in [0.15, 0.2) is 15.6 Å². The largest absolute Gasteiger partial charge is 0.494 e. The number of aromatic carboxylic acids is 1. The Balaban J connectivity index is 0.00000261. The van der Waals surface area contributed by atoms with Gasteiger partial charge in [0.05, 0.1) is 17.8 Å². The van der Waals surface area contributed by atoms with E-state index in [-0.39, 0.29) is 34.2 Å². The average Bonchev–Trinajstić information content (AvgIpc) is 3.15. The predicted molar refractivity (Wildman–Crippen MR) is 102 cm³/mol. The summed E-state index contributed by atoms with van der Waals surface area (Å²) in [5, 5.41) is 13.7. The summed E-state index contributed by atoms with van der Waals surface area (Å²) in [6.45, 7) is 0. The molecule has 0 bridgehead atoms. The van der Waals surface area contributed by atoms with Gasteiger partial charge in [0, 0.05) is 12.4 Å². The Morgan fingerprint density at radius 2 is 1.85 bits per heavy atom. The average molecular weight is 409 g/mol. The molecule has 3 rings (SSSR count). The predicted octanol–water partition coefficient (Wildman–Crippen LogP) is 2.97. The minimum absolute atomic E-state index is 0. The zero-order chi connectivity index (χ0) is 18.7. The van der Waals surface area contributed by atoms with Gasteiger partial charge in [-0.3, -0.25) is 0 Å². The van der Waals surface area contributed by atoms with Crippen molar-refractivity contribution in [2.24, 2.45) is 0 Å². The highest BCUT2D eigenvalue weighted by Gasteiger charge is 2.25. The van der Waals surface area contributed by atoms with Crippen LogP contribution < -0.4 is 4.74 Å². The molecule has 142 valence electrons. The molecular formula is C18H17ClN2O5S. The SMILES string of the molecule is COc1c(-n2cccn2)ccc(CS(=O)(=O)c2ccccc2)c1C(=O)O.Cl. The second-order valence-corrected chi connectivity index (χ2v) is 7.47. The lowest BCUT2D eigenvalue weighted by molar-refractivity contribution is 0.0692. The van der Waals surface area contributed by atoms with Crippen molar-refractivity contribution in [3.63, 3.8) is 0 Å². The molecule has 2 aromatic carbocycles. The monoisotopic (exact) mass is 408 g/mol. The molecule has 0 unspecified atom stereocenters. The second kappa shape index (κ2) is 8.24. The summed E-state index contributed by atoms with van der Waals surface area (Å²) in [6.07, 6.45) is 3.19. The van der Waals surface area contributed by atoms with Crippen molar-refractivity contribution in [1.82, 2.24) is 9.78 Å². The van der Waals surface area contributed by atoms with Crippen LogP contribution in [0.5, 0.6) is 5.75 Å². The Hall–Kier alpha value is -2.84. The van der Waals surface area contributed by atoms with Crippen LogP contribution in [0.4, 0.5) is 0 Å². The zero-order valence-corrected chi connectivity index (χ0v) is 15.9. The first-order chi connectivity index (χ1) is 12.4. The maximum atomic E-state index is 12.6. The van der Waals surface area contributed by atoms with Crippen LogP contribution in [0.2, 0.25) is 0 Å². The topological polar surface area (TPSA) is 98.5 Å². The first-order valence-corrected chi connectivity index (χ1v) is 9.30. The summed E-state index contributed by atoms with van der Waals surface area (Å²) in [5.41, 5.74) is 0.366. The standard InChI is InChI=1S/C18H16N2O5S.ClH/c1-25-17-15(20-11-5-10-19-20)9-8-13(16(17)18(21)22)12-26(23,24)14-6-3-2-4-7-14;/h2-11H,12H2,1H3,(H,21,22);1H. The van der Waals surface area contributed by atoms with Crippen molar-refractivity contribution in [1.29, 1.82) is 0 Å². The fourth-order valence-electron chi connectivity index (χ4n) is 2.68. The number of halogens is 1. The van der Waals surface area contributed by atoms with E-state index in [2.05, 4.69) is 5.10 Å². The molecule has 0 radical (unpaired) electrons. The van der Waals surface area contributed by atoms with Gasteiger partial charge in [-0.05, 0) is 29.8 Å². The first kappa shape index (κ1) is 20.5. The summed E-state index contributed by atoms with van der Waals surface area (Å²) < 4.78 is 32.0. The number of aromatic nitrogens is 2.